The zero-order chi connectivity index (χ0) is 13.9. The SMILES string of the molecule is CS(=O)(=NC#N)C1(c2ccc(Cl)nc2)CCCCC1. The Bertz CT molecular complexity index is 606. The predicted octanol–water partition coefficient (Wildman–Crippen LogP) is 3.47. The van der Waals surface area contributed by atoms with Gasteiger partial charge in [0.1, 0.15) is 5.15 Å². The summed E-state index contributed by atoms with van der Waals surface area (Å²) in [6, 6.07) is 3.56. The van der Waals surface area contributed by atoms with Gasteiger partial charge < -0.3 is 0 Å². The molecule has 0 spiro atoms. The molecule has 102 valence electrons. The lowest BCUT2D eigenvalue weighted by Gasteiger charge is -2.37. The first-order valence-corrected chi connectivity index (χ1v) is 8.54. The molecule has 4 nitrogen and oxygen atoms in total. The molecule has 0 radical (unpaired) electrons. The third-order valence-electron chi connectivity index (χ3n) is 3.85. The number of nitriles is 1. The number of hydrogen-bond acceptors (Lipinski definition) is 4. The lowest BCUT2D eigenvalue weighted by Crippen LogP contribution is -2.37. The predicted molar refractivity (Wildman–Crippen MR) is 76.1 cm³/mol. The smallest absolute Gasteiger partial charge is 0.214 e. The van der Waals surface area contributed by atoms with Gasteiger partial charge in [0.2, 0.25) is 6.19 Å². The van der Waals surface area contributed by atoms with Crippen molar-refractivity contribution in [3.05, 3.63) is 29.0 Å². The van der Waals surface area contributed by atoms with Crippen molar-refractivity contribution in [2.45, 2.75) is 36.9 Å². The maximum atomic E-state index is 12.9. The Hall–Kier alpha value is -1.12. The van der Waals surface area contributed by atoms with Crippen LogP contribution in [-0.2, 0) is 14.5 Å². The topological polar surface area (TPSA) is 66.1 Å². The van der Waals surface area contributed by atoms with Gasteiger partial charge in [-0.1, -0.05) is 36.9 Å². The zero-order valence-corrected chi connectivity index (χ0v) is 12.4. The molecule has 1 fully saturated rings. The summed E-state index contributed by atoms with van der Waals surface area (Å²) >= 11 is 5.81. The third kappa shape index (κ3) is 2.60. The molecule has 0 bridgehead atoms. The number of halogens is 1. The van der Waals surface area contributed by atoms with Crippen LogP contribution in [0.3, 0.4) is 0 Å². The molecule has 6 heteroatoms. The van der Waals surface area contributed by atoms with Crippen LogP contribution in [0.25, 0.3) is 0 Å². The molecular weight excluding hydrogens is 282 g/mol. The number of pyridine rings is 1. The van der Waals surface area contributed by atoms with Crippen LogP contribution in [0.2, 0.25) is 5.15 Å². The van der Waals surface area contributed by atoms with E-state index in [1.54, 1.807) is 24.7 Å². The van der Waals surface area contributed by atoms with Crippen molar-refractivity contribution in [1.29, 1.82) is 5.26 Å². The summed E-state index contributed by atoms with van der Waals surface area (Å²) in [5, 5.41) is 9.22. The molecule has 1 unspecified atom stereocenters. The second-order valence-corrected chi connectivity index (χ2v) is 7.87. The van der Waals surface area contributed by atoms with Gasteiger partial charge in [-0.15, -0.1) is 4.36 Å². The number of hydrogen-bond donors (Lipinski definition) is 0. The Labute approximate surface area is 119 Å². The van der Waals surface area contributed by atoms with Gasteiger partial charge in [0, 0.05) is 12.5 Å². The fourth-order valence-electron chi connectivity index (χ4n) is 2.82. The Kier molecular flexibility index (Phi) is 4.12. The van der Waals surface area contributed by atoms with Crippen LogP contribution in [0.4, 0.5) is 0 Å². The number of aromatic nitrogens is 1. The van der Waals surface area contributed by atoms with Crippen LogP contribution < -0.4 is 0 Å². The van der Waals surface area contributed by atoms with Crippen molar-refractivity contribution in [2.24, 2.45) is 4.36 Å². The average Bonchev–Trinajstić information content (AvgIpc) is 2.40. The van der Waals surface area contributed by atoms with Crippen molar-refractivity contribution in [1.82, 2.24) is 4.98 Å². The molecule has 1 aromatic rings. The van der Waals surface area contributed by atoms with E-state index < -0.39 is 14.5 Å². The number of rotatable bonds is 2. The molecule has 0 N–H and O–H groups in total. The fraction of sp³-hybridized carbons (Fsp3) is 0.538. The van der Waals surface area contributed by atoms with E-state index in [0.717, 1.165) is 37.7 Å². The van der Waals surface area contributed by atoms with E-state index in [1.807, 2.05) is 6.07 Å². The highest BCUT2D eigenvalue weighted by Gasteiger charge is 2.42. The quantitative estimate of drug-likeness (QED) is 0.620. The normalized spacial score (nSPS) is 21.1. The standard InChI is InChI=1S/C13H16ClN3OS/c1-19(18,17-10-15)13(7-3-2-4-8-13)11-5-6-12(14)16-9-11/h5-6,9H,2-4,7-8H2,1H3. The molecule has 1 aromatic heterocycles. The number of nitrogens with zero attached hydrogens (tertiary/aromatic N) is 3. The lowest BCUT2D eigenvalue weighted by atomic mass is 9.84. The second-order valence-electron chi connectivity index (χ2n) is 4.92. The van der Waals surface area contributed by atoms with Crippen molar-refractivity contribution >= 4 is 21.3 Å². The van der Waals surface area contributed by atoms with Gasteiger partial charge in [0.25, 0.3) is 0 Å². The first-order valence-electron chi connectivity index (χ1n) is 6.24. The van der Waals surface area contributed by atoms with E-state index in [1.165, 1.54) is 0 Å². The van der Waals surface area contributed by atoms with Gasteiger partial charge >= 0.3 is 0 Å². The summed E-state index contributed by atoms with van der Waals surface area (Å²) in [4.78, 5) is 4.09. The van der Waals surface area contributed by atoms with Gasteiger partial charge in [-0.25, -0.2) is 9.19 Å². The Morgan fingerprint density at radius 3 is 2.63 bits per heavy atom. The minimum absolute atomic E-state index is 0.412. The fourth-order valence-corrected chi connectivity index (χ4v) is 4.87. The molecule has 0 aliphatic heterocycles. The third-order valence-corrected chi connectivity index (χ3v) is 6.60. The summed E-state index contributed by atoms with van der Waals surface area (Å²) in [6.45, 7) is 0. The van der Waals surface area contributed by atoms with E-state index in [-0.39, 0.29) is 0 Å². The Morgan fingerprint density at radius 1 is 1.42 bits per heavy atom. The molecule has 0 saturated heterocycles. The highest BCUT2D eigenvalue weighted by molar-refractivity contribution is 7.94. The second kappa shape index (κ2) is 5.48. The first kappa shape index (κ1) is 14.3. The van der Waals surface area contributed by atoms with E-state index in [4.69, 9.17) is 16.9 Å². The van der Waals surface area contributed by atoms with E-state index >= 15 is 0 Å². The van der Waals surface area contributed by atoms with Gasteiger partial charge in [-0.2, -0.15) is 5.26 Å². The highest BCUT2D eigenvalue weighted by atomic mass is 35.5. The van der Waals surface area contributed by atoms with Gasteiger partial charge in [0.05, 0.1) is 14.5 Å². The maximum absolute atomic E-state index is 12.9. The average molecular weight is 298 g/mol. The Morgan fingerprint density at radius 2 is 2.11 bits per heavy atom. The minimum atomic E-state index is -2.63. The molecule has 1 saturated carbocycles. The molecule has 1 aliphatic rings. The van der Waals surface area contributed by atoms with E-state index in [0.29, 0.717) is 5.15 Å². The van der Waals surface area contributed by atoms with E-state index in [9.17, 15) is 4.21 Å². The molecule has 2 rings (SSSR count). The Balaban J connectivity index is 2.59. The van der Waals surface area contributed by atoms with Gasteiger partial charge in [-0.3, -0.25) is 0 Å². The maximum Gasteiger partial charge on any atom is 0.214 e. The molecule has 1 heterocycles. The van der Waals surface area contributed by atoms with Crippen molar-refractivity contribution in [3.8, 4) is 6.19 Å². The highest BCUT2D eigenvalue weighted by Crippen LogP contribution is 2.44. The van der Waals surface area contributed by atoms with Gasteiger partial charge in [0.15, 0.2) is 0 Å². The minimum Gasteiger partial charge on any atom is -0.248 e. The largest absolute Gasteiger partial charge is 0.248 e. The van der Waals surface area contributed by atoms with Crippen LogP contribution in [0, 0.1) is 11.5 Å². The molecule has 0 aromatic carbocycles. The molecular formula is C13H16ClN3OS. The lowest BCUT2D eigenvalue weighted by molar-refractivity contribution is 0.393. The van der Waals surface area contributed by atoms with Crippen LogP contribution in [0.15, 0.2) is 22.7 Å². The van der Waals surface area contributed by atoms with E-state index in [2.05, 4.69) is 9.35 Å². The van der Waals surface area contributed by atoms with Crippen LogP contribution in [-0.4, -0.2) is 15.4 Å². The molecule has 0 amide bonds. The molecule has 1 atom stereocenters. The zero-order valence-electron chi connectivity index (χ0n) is 10.8. The van der Waals surface area contributed by atoms with Crippen molar-refractivity contribution < 1.29 is 4.21 Å². The summed E-state index contributed by atoms with van der Waals surface area (Å²) in [5.74, 6) is 0. The van der Waals surface area contributed by atoms with Gasteiger partial charge in [-0.05, 0) is 24.5 Å². The summed E-state index contributed by atoms with van der Waals surface area (Å²) in [6.07, 6.45) is 9.63. The molecule has 19 heavy (non-hydrogen) atoms. The summed E-state index contributed by atoms with van der Waals surface area (Å²) in [5.41, 5.74) is 0.878. The van der Waals surface area contributed by atoms with Crippen molar-refractivity contribution in [2.75, 3.05) is 6.26 Å². The molecule has 1 aliphatic carbocycles. The van der Waals surface area contributed by atoms with Crippen LogP contribution >= 0.6 is 11.6 Å². The first-order chi connectivity index (χ1) is 9.02. The van der Waals surface area contributed by atoms with Crippen molar-refractivity contribution in [3.63, 3.8) is 0 Å². The summed E-state index contributed by atoms with van der Waals surface area (Å²) < 4.78 is 16.1. The summed E-state index contributed by atoms with van der Waals surface area (Å²) in [7, 11) is -2.63. The van der Waals surface area contributed by atoms with Crippen LogP contribution in [0.1, 0.15) is 37.7 Å². The monoisotopic (exact) mass is 297 g/mol. The van der Waals surface area contributed by atoms with Crippen LogP contribution in [0.5, 0.6) is 0 Å².